The molecule has 0 aromatic carbocycles. The molecule has 0 saturated carbocycles. The fourth-order valence-electron chi connectivity index (χ4n) is 3.46. The molecule has 4 rings (SSSR count). The molecule has 140 valence electrons. The molecule has 26 heavy (non-hydrogen) atoms. The highest BCUT2D eigenvalue weighted by Gasteiger charge is 2.24. The Morgan fingerprint density at radius 2 is 1.73 bits per heavy atom. The van der Waals surface area contributed by atoms with Crippen LogP contribution >= 0.6 is 11.3 Å². The van der Waals surface area contributed by atoms with Gasteiger partial charge in [0.05, 0.1) is 23.8 Å². The Morgan fingerprint density at radius 1 is 0.962 bits per heavy atom. The van der Waals surface area contributed by atoms with Crippen LogP contribution in [0.15, 0.2) is 11.1 Å². The van der Waals surface area contributed by atoms with E-state index in [-0.39, 0.29) is 0 Å². The van der Waals surface area contributed by atoms with Crippen LogP contribution in [0.1, 0.15) is 26.0 Å². The van der Waals surface area contributed by atoms with Crippen molar-refractivity contribution in [1.29, 1.82) is 0 Å². The third-order valence-corrected chi connectivity index (χ3v) is 6.53. The average molecular weight is 375 g/mol. The molecule has 2 aromatic heterocycles. The number of thiazole rings is 1. The second-order valence-electron chi connectivity index (χ2n) is 7.13. The fraction of sp³-hybridized carbons (Fsp3) is 0.611. The highest BCUT2D eigenvalue weighted by atomic mass is 32.1. The quantitative estimate of drug-likeness (QED) is 0.770. The van der Waals surface area contributed by atoms with Crippen LogP contribution in [0.25, 0.3) is 10.7 Å². The van der Waals surface area contributed by atoms with Crippen LogP contribution in [0.3, 0.4) is 0 Å². The van der Waals surface area contributed by atoms with Gasteiger partial charge >= 0.3 is 0 Å². The van der Waals surface area contributed by atoms with Gasteiger partial charge in [-0.2, -0.15) is 0 Å². The summed E-state index contributed by atoms with van der Waals surface area (Å²) in [6.07, 6.45) is 1.09. The van der Waals surface area contributed by atoms with E-state index in [1.807, 2.05) is 0 Å². The van der Waals surface area contributed by atoms with Gasteiger partial charge in [0, 0.05) is 33.2 Å². The first-order valence-corrected chi connectivity index (χ1v) is 9.96. The minimum atomic E-state index is 0.767. The van der Waals surface area contributed by atoms with Crippen LogP contribution < -0.4 is 9.80 Å². The zero-order valence-electron chi connectivity index (χ0n) is 15.9. The zero-order valence-corrected chi connectivity index (χ0v) is 16.8. The lowest BCUT2D eigenvalue weighted by molar-refractivity contribution is 0.122. The number of aromatic nitrogens is 4. The number of nitrogens with zero attached hydrogens (tertiary/aromatic N) is 6. The van der Waals surface area contributed by atoms with Crippen molar-refractivity contribution in [2.75, 3.05) is 49.2 Å². The largest absolute Gasteiger partial charge is 0.378 e. The van der Waals surface area contributed by atoms with Gasteiger partial charge in [-0.15, -0.1) is 10.2 Å². The van der Waals surface area contributed by atoms with Crippen molar-refractivity contribution in [2.45, 2.75) is 27.2 Å². The predicted molar refractivity (Wildman–Crippen MR) is 105 cm³/mol. The number of rotatable bonds is 3. The van der Waals surface area contributed by atoms with E-state index < -0.39 is 0 Å². The van der Waals surface area contributed by atoms with Crippen molar-refractivity contribution >= 4 is 22.4 Å². The molecule has 1 saturated heterocycles. The maximum Gasteiger partial charge on any atom is 0.227 e. The third kappa shape index (κ3) is 3.12. The summed E-state index contributed by atoms with van der Waals surface area (Å²) in [6, 6.07) is 0. The third-order valence-electron chi connectivity index (χ3n) is 5.32. The van der Waals surface area contributed by atoms with Gasteiger partial charge in [0.2, 0.25) is 5.95 Å². The van der Waals surface area contributed by atoms with Gasteiger partial charge in [0.15, 0.2) is 11.0 Å². The highest BCUT2D eigenvalue weighted by Crippen LogP contribution is 2.35. The van der Waals surface area contributed by atoms with Crippen LogP contribution in [0, 0.1) is 6.92 Å². The lowest BCUT2D eigenvalue weighted by Crippen LogP contribution is -2.36. The number of hydrogen-bond acceptors (Lipinski definition) is 7. The molecule has 0 unspecified atom stereocenters. The predicted octanol–water partition coefficient (Wildman–Crippen LogP) is 2.63. The summed E-state index contributed by atoms with van der Waals surface area (Å²) in [7, 11) is 2.05. The molecule has 0 aliphatic carbocycles. The van der Waals surface area contributed by atoms with E-state index in [1.54, 1.807) is 11.3 Å². The van der Waals surface area contributed by atoms with E-state index in [1.165, 1.54) is 11.1 Å². The van der Waals surface area contributed by atoms with Crippen LogP contribution in [0.5, 0.6) is 0 Å². The molecule has 7 nitrogen and oxygen atoms in total. The lowest BCUT2D eigenvalue weighted by atomic mass is 10.0. The summed E-state index contributed by atoms with van der Waals surface area (Å²) in [6.45, 7) is 11.7. The molecule has 1 fully saturated rings. The smallest absolute Gasteiger partial charge is 0.227 e. The number of aryl methyl sites for hydroxylation is 1. The maximum absolute atomic E-state index is 5.45. The minimum Gasteiger partial charge on any atom is -0.378 e. The van der Waals surface area contributed by atoms with E-state index in [4.69, 9.17) is 9.72 Å². The number of morpholine rings is 1. The molecule has 0 spiro atoms. The van der Waals surface area contributed by atoms with Gasteiger partial charge in [-0.05, 0) is 27.2 Å². The molecule has 2 aliphatic rings. The summed E-state index contributed by atoms with van der Waals surface area (Å²) in [5.41, 5.74) is 3.95. The van der Waals surface area contributed by atoms with Crippen molar-refractivity contribution < 1.29 is 4.74 Å². The van der Waals surface area contributed by atoms with E-state index in [2.05, 4.69) is 52.4 Å². The number of ether oxygens (including phenoxy) is 1. The summed E-state index contributed by atoms with van der Waals surface area (Å²) < 4.78 is 7.56. The first kappa shape index (κ1) is 17.5. The SMILES string of the molecule is CC1=C(C)CN(c2nnc(-c3sc(N4CCOCC4)nc3C)n2C)CC1. The van der Waals surface area contributed by atoms with Gasteiger partial charge < -0.3 is 14.5 Å². The van der Waals surface area contributed by atoms with Gasteiger partial charge in [0.1, 0.15) is 0 Å². The van der Waals surface area contributed by atoms with Crippen LogP contribution in [0.2, 0.25) is 0 Å². The van der Waals surface area contributed by atoms with Crippen molar-refractivity contribution in [3.63, 3.8) is 0 Å². The molecule has 0 amide bonds. The molecule has 2 aromatic rings. The van der Waals surface area contributed by atoms with E-state index >= 15 is 0 Å². The standard InChI is InChI=1S/C18H26N6OS/c1-12-5-6-24(11-13(12)2)17-21-20-16(22(17)4)15-14(3)19-18(26-15)23-7-9-25-10-8-23/h5-11H2,1-4H3. The van der Waals surface area contributed by atoms with Crippen molar-refractivity contribution in [1.82, 2.24) is 19.7 Å². The van der Waals surface area contributed by atoms with E-state index in [9.17, 15) is 0 Å². The second-order valence-corrected chi connectivity index (χ2v) is 8.10. The molecule has 0 bridgehead atoms. The average Bonchev–Trinajstić information content (AvgIpc) is 3.21. The summed E-state index contributed by atoms with van der Waals surface area (Å²) in [5, 5.41) is 10.1. The van der Waals surface area contributed by atoms with Gasteiger partial charge in [0.25, 0.3) is 0 Å². The molecule has 2 aliphatic heterocycles. The minimum absolute atomic E-state index is 0.767. The van der Waals surface area contributed by atoms with Crippen molar-refractivity contribution in [3.8, 4) is 10.7 Å². The van der Waals surface area contributed by atoms with E-state index in [0.717, 1.165) is 73.3 Å². The molecule has 4 heterocycles. The Morgan fingerprint density at radius 3 is 2.46 bits per heavy atom. The highest BCUT2D eigenvalue weighted by molar-refractivity contribution is 7.19. The van der Waals surface area contributed by atoms with Gasteiger partial charge in [-0.25, -0.2) is 4.98 Å². The Hall–Kier alpha value is -1.93. The van der Waals surface area contributed by atoms with Crippen LogP contribution in [0.4, 0.5) is 11.1 Å². The van der Waals surface area contributed by atoms with E-state index in [0.29, 0.717) is 0 Å². The number of hydrogen-bond donors (Lipinski definition) is 0. The first-order valence-electron chi connectivity index (χ1n) is 9.14. The van der Waals surface area contributed by atoms with Gasteiger partial charge in [-0.3, -0.25) is 4.57 Å². The maximum atomic E-state index is 5.45. The summed E-state index contributed by atoms with van der Waals surface area (Å²) in [5.74, 6) is 1.84. The van der Waals surface area contributed by atoms with Gasteiger partial charge in [-0.1, -0.05) is 22.5 Å². The molecule has 0 atom stereocenters. The second kappa shape index (κ2) is 7.00. The molecular formula is C18H26N6OS. The van der Waals surface area contributed by atoms with Crippen molar-refractivity contribution in [3.05, 3.63) is 16.8 Å². The molecule has 0 radical (unpaired) electrons. The Balaban J connectivity index is 1.61. The zero-order chi connectivity index (χ0) is 18.3. The van der Waals surface area contributed by atoms with Crippen molar-refractivity contribution in [2.24, 2.45) is 7.05 Å². The lowest BCUT2D eigenvalue weighted by Gasteiger charge is -2.29. The summed E-state index contributed by atoms with van der Waals surface area (Å²) >= 11 is 1.70. The fourth-order valence-corrected chi connectivity index (χ4v) is 4.60. The summed E-state index contributed by atoms with van der Waals surface area (Å²) in [4.78, 5) is 10.5. The molecule has 8 heteroatoms. The first-order chi connectivity index (χ1) is 12.5. The Bertz CT molecular complexity index is 833. The Kier molecular flexibility index (Phi) is 4.71. The molecule has 0 N–H and O–H groups in total. The Labute approximate surface area is 158 Å². The monoisotopic (exact) mass is 374 g/mol. The topological polar surface area (TPSA) is 59.3 Å². The van der Waals surface area contributed by atoms with Crippen LogP contribution in [-0.4, -0.2) is 59.1 Å². The van der Waals surface area contributed by atoms with Crippen LogP contribution in [-0.2, 0) is 11.8 Å². The number of anilines is 2. The normalized spacial score (nSPS) is 18.8. The molecular weight excluding hydrogens is 348 g/mol.